The summed E-state index contributed by atoms with van der Waals surface area (Å²) in [5.41, 5.74) is 0. The van der Waals surface area contributed by atoms with E-state index in [-0.39, 0.29) is 23.5 Å². The molecule has 2 heterocycles. The van der Waals surface area contributed by atoms with E-state index < -0.39 is 0 Å². The maximum absolute atomic E-state index is 11.9. The fourth-order valence-corrected chi connectivity index (χ4v) is 1.85. The number of amides is 1. The van der Waals surface area contributed by atoms with Crippen LogP contribution in [-0.4, -0.2) is 36.5 Å². The summed E-state index contributed by atoms with van der Waals surface area (Å²) in [7, 11) is 0. The Morgan fingerprint density at radius 1 is 1.62 bits per heavy atom. The van der Waals surface area contributed by atoms with Gasteiger partial charge in [-0.25, -0.2) is 0 Å². The lowest BCUT2D eigenvalue weighted by atomic mass is 10.2. The summed E-state index contributed by atoms with van der Waals surface area (Å²) in [6, 6.07) is 3.52. The summed E-state index contributed by atoms with van der Waals surface area (Å²) in [6.07, 6.45) is 0. The van der Waals surface area contributed by atoms with Crippen molar-refractivity contribution in [3.63, 3.8) is 0 Å². The van der Waals surface area contributed by atoms with Crippen LogP contribution in [0.5, 0.6) is 0 Å². The molecule has 0 aromatic carbocycles. The predicted octanol–water partition coefficient (Wildman–Crippen LogP) is 1.79. The van der Waals surface area contributed by atoms with Crippen LogP contribution in [0.1, 0.15) is 17.5 Å². The smallest absolute Gasteiger partial charge is 0.289 e. The van der Waals surface area contributed by atoms with Crippen LogP contribution in [0.2, 0.25) is 5.22 Å². The minimum absolute atomic E-state index is 0. The van der Waals surface area contributed by atoms with Crippen LogP contribution in [0.3, 0.4) is 0 Å². The van der Waals surface area contributed by atoms with Crippen LogP contribution >= 0.6 is 24.0 Å². The number of carbonyl (C=O) groups excluding carboxylic acids is 1. The summed E-state index contributed by atoms with van der Waals surface area (Å²) in [4.78, 5) is 13.7. The van der Waals surface area contributed by atoms with E-state index in [2.05, 4.69) is 12.2 Å². The van der Waals surface area contributed by atoms with Crippen molar-refractivity contribution >= 4 is 29.9 Å². The third kappa shape index (κ3) is 2.90. The molecule has 90 valence electrons. The van der Waals surface area contributed by atoms with Crippen LogP contribution in [-0.2, 0) is 0 Å². The Labute approximate surface area is 105 Å². The lowest BCUT2D eigenvalue weighted by molar-refractivity contribution is 0.0677. The molecule has 0 bridgehead atoms. The first-order chi connectivity index (χ1) is 7.16. The summed E-state index contributed by atoms with van der Waals surface area (Å²) < 4.78 is 5.09. The normalized spacial score (nSPS) is 20.4. The van der Waals surface area contributed by atoms with Gasteiger partial charge >= 0.3 is 0 Å². The number of furan rings is 1. The van der Waals surface area contributed by atoms with Crippen molar-refractivity contribution in [2.75, 3.05) is 19.6 Å². The Hall–Kier alpha value is -0.710. The minimum Gasteiger partial charge on any atom is -0.440 e. The van der Waals surface area contributed by atoms with Crippen molar-refractivity contribution in [3.8, 4) is 0 Å². The molecule has 1 amide bonds. The highest BCUT2D eigenvalue weighted by Gasteiger charge is 2.23. The van der Waals surface area contributed by atoms with Crippen LogP contribution < -0.4 is 5.32 Å². The van der Waals surface area contributed by atoms with Gasteiger partial charge in [0.05, 0.1) is 0 Å². The van der Waals surface area contributed by atoms with E-state index in [4.69, 9.17) is 16.0 Å². The van der Waals surface area contributed by atoms with Gasteiger partial charge in [-0.3, -0.25) is 4.79 Å². The Kier molecular flexibility index (Phi) is 4.65. The molecule has 1 aliphatic rings. The summed E-state index contributed by atoms with van der Waals surface area (Å²) in [6.45, 7) is 4.29. The van der Waals surface area contributed by atoms with Crippen LogP contribution in [0, 0.1) is 0 Å². The zero-order valence-electron chi connectivity index (χ0n) is 8.90. The largest absolute Gasteiger partial charge is 0.440 e. The Morgan fingerprint density at radius 3 is 2.94 bits per heavy atom. The first-order valence-electron chi connectivity index (χ1n) is 4.95. The topological polar surface area (TPSA) is 45.5 Å². The fourth-order valence-electron chi connectivity index (χ4n) is 1.70. The summed E-state index contributed by atoms with van der Waals surface area (Å²) >= 11 is 5.62. The fraction of sp³-hybridized carbons (Fsp3) is 0.500. The van der Waals surface area contributed by atoms with Crippen LogP contribution in [0.15, 0.2) is 16.5 Å². The van der Waals surface area contributed by atoms with Gasteiger partial charge in [0.15, 0.2) is 11.0 Å². The standard InChI is InChI=1S/C10H13ClN2O2.ClH/c1-7-6-13(5-4-12-7)10(14)8-2-3-9(11)15-8;/h2-3,7,12H,4-6H2,1H3;1H/t7-;/m1./s1. The van der Waals surface area contributed by atoms with Crippen LogP contribution in [0.25, 0.3) is 0 Å². The number of rotatable bonds is 1. The molecule has 2 rings (SSSR count). The average molecular weight is 265 g/mol. The highest BCUT2D eigenvalue weighted by molar-refractivity contribution is 6.29. The molecule has 0 saturated carbocycles. The third-order valence-corrected chi connectivity index (χ3v) is 2.64. The van der Waals surface area contributed by atoms with Gasteiger partial charge in [0.2, 0.25) is 0 Å². The molecule has 1 N–H and O–H groups in total. The van der Waals surface area contributed by atoms with E-state index in [1.165, 1.54) is 0 Å². The first kappa shape index (κ1) is 13.4. The lowest BCUT2D eigenvalue weighted by Crippen LogP contribution is -2.51. The highest BCUT2D eigenvalue weighted by Crippen LogP contribution is 2.15. The molecule has 1 aromatic rings. The molecule has 0 unspecified atom stereocenters. The molecule has 16 heavy (non-hydrogen) atoms. The Morgan fingerprint density at radius 2 is 2.38 bits per heavy atom. The van der Waals surface area contributed by atoms with E-state index >= 15 is 0 Å². The van der Waals surface area contributed by atoms with Crippen molar-refractivity contribution in [2.24, 2.45) is 0 Å². The minimum atomic E-state index is -0.0877. The summed E-state index contributed by atoms with van der Waals surface area (Å²) in [5.74, 6) is 0.226. The van der Waals surface area contributed by atoms with E-state index in [0.29, 0.717) is 24.9 Å². The molecule has 4 nitrogen and oxygen atoms in total. The molecular weight excluding hydrogens is 251 g/mol. The van der Waals surface area contributed by atoms with E-state index in [1.54, 1.807) is 17.0 Å². The molecule has 6 heteroatoms. The van der Waals surface area contributed by atoms with E-state index in [9.17, 15) is 4.79 Å². The Bertz CT molecular complexity index is 367. The van der Waals surface area contributed by atoms with Crippen molar-refractivity contribution in [1.82, 2.24) is 10.2 Å². The molecular formula is C10H14Cl2N2O2. The Balaban J connectivity index is 0.00000128. The van der Waals surface area contributed by atoms with E-state index in [1.807, 2.05) is 0 Å². The van der Waals surface area contributed by atoms with Crippen LogP contribution in [0.4, 0.5) is 0 Å². The third-order valence-electron chi connectivity index (χ3n) is 2.44. The van der Waals surface area contributed by atoms with Gasteiger partial charge in [0, 0.05) is 25.7 Å². The maximum Gasteiger partial charge on any atom is 0.289 e. The molecule has 1 atom stereocenters. The number of hydrogen-bond acceptors (Lipinski definition) is 3. The number of hydrogen-bond donors (Lipinski definition) is 1. The molecule has 1 aliphatic heterocycles. The van der Waals surface area contributed by atoms with Crippen molar-refractivity contribution in [2.45, 2.75) is 13.0 Å². The number of nitrogens with one attached hydrogen (secondary N) is 1. The van der Waals surface area contributed by atoms with Gasteiger partial charge in [-0.1, -0.05) is 0 Å². The molecule has 1 aromatic heterocycles. The van der Waals surface area contributed by atoms with Gasteiger partial charge < -0.3 is 14.6 Å². The monoisotopic (exact) mass is 264 g/mol. The molecule has 1 saturated heterocycles. The van der Waals surface area contributed by atoms with Gasteiger partial charge in [0.25, 0.3) is 5.91 Å². The van der Waals surface area contributed by atoms with Gasteiger partial charge in [0.1, 0.15) is 0 Å². The van der Waals surface area contributed by atoms with Crippen molar-refractivity contribution in [3.05, 3.63) is 23.1 Å². The molecule has 1 fully saturated rings. The quantitative estimate of drug-likeness (QED) is 0.842. The SMILES string of the molecule is C[C@@H]1CN(C(=O)c2ccc(Cl)o2)CCN1.Cl. The number of piperazine rings is 1. The second kappa shape index (κ2) is 5.57. The number of nitrogens with zero attached hydrogens (tertiary/aromatic N) is 1. The molecule has 0 aliphatic carbocycles. The average Bonchev–Trinajstić information content (AvgIpc) is 2.64. The zero-order chi connectivity index (χ0) is 10.8. The first-order valence-corrected chi connectivity index (χ1v) is 5.32. The number of carbonyl (C=O) groups is 1. The number of halogens is 2. The summed E-state index contributed by atoms with van der Waals surface area (Å²) in [5, 5.41) is 3.52. The maximum atomic E-state index is 11.9. The highest BCUT2D eigenvalue weighted by atomic mass is 35.5. The zero-order valence-corrected chi connectivity index (χ0v) is 10.5. The molecule has 0 radical (unpaired) electrons. The van der Waals surface area contributed by atoms with Crippen molar-refractivity contribution < 1.29 is 9.21 Å². The second-order valence-electron chi connectivity index (χ2n) is 3.71. The van der Waals surface area contributed by atoms with E-state index in [0.717, 1.165) is 6.54 Å². The second-order valence-corrected chi connectivity index (χ2v) is 4.08. The predicted molar refractivity (Wildman–Crippen MR) is 64.3 cm³/mol. The van der Waals surface area contributed by atoms with Gasteiger partial charge in [-0.15, -0.1) is 12.4 Å². The van der Waals surface area contributed by atoms with Crippen molar-refractivity contribution in [1.29, 1.82) is 0 Å². The molecule has 0 spiro atoms. The van der Waals surface area contributed by atoms with Gasteiger partial charge in [-0.2, -0.15) is 0 Å². The van der Waals surface area contributed by atoms with Gasteiger partial charge in [-0.05, 0) is 30.7 Å². The lowest BCUT2D eigenvalue weighted by Gasteiger charge is -2.31.